The van der Waals surface area contributed by atoms with Gasteiger partial charge in [0, 0.05) is 18.3 Å². The summed E-state index contributed by atoms with van der Waals surface area (Å²) in [5, 5.41) is 17.6. The Balaban J connectivity index is 2.07. The summed E-state index contributed by atoms with van der Waals surface area (Å²) in [5.74, 6) is 0.816. The molecule has 0 saturated heterocycles. The maximum atomic E-state index is 9.32. The summed E-state index contributed by atoms with van der Waals surface area (Å²) in [6.07, 6.45) is 1.77. The average molecular weight is 290 g/mol. The molecule has 2 aromatic carbocycles. The van der Waals surface area contributed by atoms with Crippen molar-refractivity contribution < 1.29 is 14.3 Å². The Morgan fingerprint density at radius 1 is 1.05 bits per heavy atom. The molecule has 0 radical (unpaired) electrons. The minimum atomic E-state index is 0.219. The zero-order valence-electron chi connectivity index (χ0n) is 11.1. The van der Waals surface area contributed by atoms with Crippen molar-refractivity contribution in [3.05, 3.63) is 48.0 Å². The van der Waals surface area contributed by atoms with Gasteiger partial charge in [0.15, 0.2) is 5.75 Å². The predicted octanol–water partition coefficient (Wildman–Crippen LogP) is 4.70. The van der Waals surface area contributed by atoms with Crippen molar-refractivity contribution in [1.29, 1.82) is 0 Å². The summed E-state index contributed by atoms with van der Waals surface area (Å²) >= 11 is 1.13. The van der Waals surface area contributed by atoms with Crippen LogP contribution in [0.4, 0.5) is 11.4 Å². The second kappa shape index (κ2) is 6.93. The van der Waals surface area contributed by atoms with E-state index in [-0.39, 0.29) is 5.75 Å². The molecule has 5 nitrogen and oxygen atoms in total. The molecule has 0 atom stereocenters. The lowest BCUT2D eigenvalue weighted by Crippen LogP contribution is -1.86. The van der Waals surface area contributed by atoms with E-state index in [9.17, 15) is 5.11 Å². The Hall–Kier alpha value is -2.05. The first-order valence-electron chi connectivity index (χ1n) is 5.88. The molecule has 0 saturated carbocycles. The van der Waals surface area contributed by atoms with E-state index in [1.807, 2.05) is 6.92 Å². The number of azo groups is 1. The van der Waals surface area contributed by atoms with E-state index < -0.39 is 0 Å². The molecular weight excluding hydrogens is 276 g/mol. The highest BCUT2D eigenvalue weighted by Gasteiger charge is 1.99. The highest BCUT2D eigenvalue weighted by Crippen LogP contribution is 2.26. The van der Waals surface area contributed by atoms with E-state index in [2.05, 4.69) is 10.2 Å². The number of aromatic hydroxyl groups is 1. The maximum Gasteiger partial charge on any atom is 0.166 e. The maximum absolute atomic E-state index is 9.32. The zero-order chi connectivity index (χ0) is 14.4. The van der Waals surface area contributed by atoms with Crippen LogP contribution in [-0.2, 0) is 4.33 Å². The van der Waals surface area contributed by atoms with Crippen molar-refractivity contribution >= 4 is 23.4 Å². The van der Waals surface area contributed by atoms with E-state index in [1.54, 1.807) is 48.7 Å². The number of hydrogen-bond donors (Lipinski definition) is 1. The van der Waals surface area contributed by atoms with Gasteiger partial charge in [-0.25, -0.2) is 0 Å². The van der Waals surface area contributed by atoms with Gasteiger partial charge in [0.2, 0.25) is 0 Å². The molecule has 0 fully saturated rings. The Kier molecular flexibility index (Phi) is 4.97. The lowest BCUT2D eigenvalue weighted by Gasteiger charge is -2.01. The highest BCUT2D eigenvalue weighted by molar-refractivity contribution is 7.93. The van der Waals surface area contributed by atoms with E-state index in [4.69, 9.17) is 9.22 Å². The fourth-order valence-corrected chi connectivity index (χ4v) is 1.65. The van der Waals surface area contributed by atoms with Gasteiger partial charge in [-0.2, -0.15) is 10.2 Å². The number of rotatable bonds is 5. The molecule has 0 aliphatic heterocycles. The van der Waals surface area contributed by atoms with Crippen LogP contribution in [0.2, 0.25) is 0 Å². The summed E-state index contributed by atoms with van der Waals surface area (Å²) in [5.41, 5.74) is 2.28. The third-order valence-corrected chi connectivity index (χ3v) is 2.69. The molecule has 1 N–H and O–H groups in total. The molecule has 0 aliphatic carbocycles. The van der Waals surface area contributed by atoms with Crippen molar-refractivity contribution in [2.75, 3.05) is 6.26 Å². The van der Waals surface area contributed by atoms with Gasteiger partial charge in [-0.15, -0.1) is 4.33 Å². The molecule has 2 rings (SSSR count). The molecule has 0 unspecified atom stereocenters. The van der Waals surface area contributed by atoms with Crippen LogP contribution >= 0.6 is 12.0 Å². The minimum Gasteiger partial charge on any atom is -0.508 e. The third kappa shape index (κ3) is 3.97. The van der Waals surface area contributed by atoms with Crippen LogP contribution in [0.15, 0.2) is 52.7 Å². The van der Waals surface area contributed by atoms with E-state index in [1.165, 1.54) is 0 Å². The lowest BCUT2D eigenvalue weighted by atomic mass is 10.2. The second-order valence-corrected chi connectivity index (χ2v) is 4.45. The molecule has 104 valence electrons. The van der Waals surface area contributed by atoms with E-state index >= 15 is 0 Å². The largest absolute Gasteiger partial charge is 0.508 e. The summed E-state index contributed by atoms with van der Waals surface area (Å²) in [4.78, 5) is 4.97. The van der Waals surface area contributed by atoms with Gasteiger partial charge in [0.05, 0.1) is 11.4 Å². The zero-order valence-corrected chi connectivity index (χ0v) is 11.9. The molecule has 0 bridgehead atoms. The van der Waals surface area contributed by atoms with Crippen molar-refractivity contribution in [3.63, 3.8) is 0 Å². The SMILES string of the molecule is CSOOc1ccc(/N=N/c2ccc(O)cc2C)cc1. The number of phenolic OH excluding ortho intramolecular Hbond substituents is 1. The topological polar surface area (TPSA) is 63.4 Å². The fourth-order valence-electron chi connectivity index (χ4n) is 1.51. The molecule has 2 aromatic rings. The third-order valence-electron chi connectivity index (χ3n) is 2.49. The molecular formula is C14H14N2O3S. The molecule has 0 aromatic heterocycles. The summed E-state index contributed by atoms with van der Waals surface area (Å²) < 4.78 is 4.75. The van der Waals surface area contributed by atoms with Gasteiger partial charge in [-0.3, -0.25) is 0 Å². The van der Waals surface area contributed by atoms with Crippen molar-refractivity contribution in [2.45, 2.75) is 6.92 Å². The van der Waals surface area contributed by atoms with E-state index in [0.29, 0.717) is 17.1 Å². The number of nitrogens with zero attached hydrogens (tertiary/aromatic N) is 2. The molecule has 20 heavy (non-hydrogen) atoms. The van der Waals surface area contributed by atoms with Gasteiger partial charge >= 0.3 is 0 Å². The van der Waals surface area contributed by atoms with Crippen molar-refractivity contribution in [1.82, 2.24) is 0 Å². The lowest BCUT2D eigenvalue weighted by molar-refractivity contribution is -0.0770. The second-order valence-electron chi connectivity index (χ2n) is 3.98. The standard InChI is InChI=1S/C14H14N2O3S/c1-10-9-12(17)5-8-14(10)16-15-11-3-6-13(7-4-11)18-19-20-2/h3-9,17H,1-2H3/b16-15+. The fraction of sp³-hybridized carbons (Fsp3) is 0.143. The van der Waals surface area contributed by atoms with Crippen molar-refractivity contribution in [3.8, 4) is 11.5 Å². The van der Waals surface area contributed by atoms with Crippen LogP contribution < -0.4 is 4.89 Å². The van der Waals surface area contributed by atoms with E-state index in [0.717, 1.165) is 17.6 Å². The molecule has 6 heteroatoms. The number of benzene rings is 2. The monoisotopic (exact) mass is 290 g/mol. The number of aryl methyl sites for hydroxylation is 1. The van der Waals surface area contributed by atoms with Crippen LogP contribution in [0.25, 0.3) is 0 Å². The number of hydrogen-bond acceptors (Lipinski definition) is 6. The number of phenols is 1. The first kappa shape index (κ1) is 14.4. The molecule has 0 aliphatic rings. The van der Waals surface area contributed by atoms with Gasteiger partial charge < -0.3 is 9.99 Å². The summed E-state index contributed by atoms with van der Waals surface area (Å²) in [6, 6.07) is 12.0. The summed E-state index contributed by atoms with van der Waals surface area (Å²) in [6.45, 7) is 1.87. The smallest absolute Gasteiger partial charge is 0.166 e. The summed E-state index contributed by atoms with van der Waals surface area (Å²) in [7, 11) is 0. The molecule has 0 heterocycles. The van der Waals surface area contributed by atoms with Gasteiger partial charge in [0.25, 0.3) is 0 Å². The van der Waals surface area contributed by atoms with Crippen LogP contribution in [0, 0.1) is 6.92 Å². The highest BCUT2D eigenvalue weighted by atomic mass is 32.2. The Bertz CT molecular complexity index is 600. The minimum absolute atomic E-state index is 0.219. The van der Waals surface area contributed by atoms with Gasteiger partial charge in [0.1, 0.15) is 5.75 Å². The normalized spacial score (nSPS) is 10.9. The van der Waals surface area contributed by atoms with Crippen molar-refractivity contribution in [2.24, 2.45) is 10.2 Å². The Morgan fingerprint density at radius 2 is 1.80 bits per heavy atom. The Labute approximate surface area is 121 Å². The first-order valence-corrected chi connectivity index (χ1v) is 7.03. The van der Waals surface area contributed by atoms with Gasteiger partial charge in [-0.05, 0) is 55.0 Å². The molecule has 0 spiro atoms. The predicted molar refractivity (Wildman–Crippen MR) is 78.7 cm³/mol. The van der Waals surface area contributed by atoms with Crippen LogP contribution in [0.5, 0.6) is 11.5 Å². The Morgan fingerprint density at radius 3 is 2.45 bits per heavy atom. The quantitative estimate of drug-likeness (QED) is 0.375. The van der Waals surface area contributed by atoms with Crippen LogP contribution in [-0.4, -0.2) is 11.4 Å². The van der Waals surface area contributed by atoms with Crippen LogP contribution in [0.1, 0.15) is 5.56 Å². The average Bonchev–Trinajstić information content (AvgIpc) is 2.45. The van der Waals surface area contributed by atoms with Crippen LogP contribution in [0.3, 0.4) is 0 Å². The first-order chi connectivity index (χ1) is 9.69. The molecule has 0 amide bonds. The van der Waals surface area contributed by atoms with Gasteiger partial charge in [-0.1, -0.05) is 0 Å².